The molecule has 1 heterocycles. The van der Waals surface area contributed by atoms with E-state index < -0.39 is 0 Å². The highest BCUT2D eigenvalue weighted by atomic mass is 35.5. The molecule has 2 nitrogen and oxygen atoms in total. The molecule has 0 aromatic heterocycles. The van der Waals surface area contributed by atoms with Crippen LogP contribution in [0.2, 0.25) is 5.02 Å². The lowest BCUT2D eigenvalue weighted by molar-refractivity contribution is 0.296. The third-order valence-electron chi connectivity index (χ3n) is 4.66. The smallest absolute Gasteiger partial charge is 0.0429 e. The second-order valence-electron chi connectivity index (χ2n) is 7.02. The van der Waals surface area contributed by atoms with Crippen molar-refractivity contribution in [2.75, 3.05) is 11.4 Å². The SMILES string of the molecule is CC1CC(C)C(C)N(c2cc(Cl)ccc2CNC(C)C)C1. The second-order valence-corrected chi connectivity index (χ2v) is 7.46. The molecule has 3 unspecified atom stereocenters. The zero-order valence-electron chi connectivity index (χ0n) is 14.0. The van der Waals surface area contributed by atoms with E-state index in [0.717, 1.165) is 29.9 Å². The highest BCUT2D eigenvalue weighted by molar-refractivity contribution is 6.30. The number of hydrogen-bond donors (Lipinski definition) is 1. The van der Waals surface area contributed by atoms with E-state index in [1.807, 2.05) is 6.07 Å². The van der Waals surface area contributed by atoms with Crippen molar-refractivity contribution in [2.45, 2.75) is 59.7 Å². The molecule has 0 spiro atoms. The van der Waals surface area contributed by atoms with E-state index >= 15 is 0 Å². The molecular formula is C18H29ClN2. The van der Waals surface area contributed by atoms with Gasteiger partial charge in [0.1, 0.15) is 0 Å². The zero-order valence-corrected chi connectivity index (χ0v) is 14.7. The van der Waals surface area contributed by atoms with Gasteiger partial charge in [0, 0.05) is 35.9 Å². The molecule has 1 saturated heterocycles. The highest BCUT2D eigenvalue weighted by Gasteiger charge is 2.30. The minimum absolute atomic E-state index is 0.491. The monoisotopic (exact) mass is 308 g/mol. The zero-order chi connectivity index (χ0) is 15.6. The average molecular weight is 309 g/mol. The number of piperidine rings is 1. The molecule has 1 aliphatic rings. The molecule has 1 aromatic rings. The molecule has 21 heavy (non-hydrogen) atoms. The first-order valence-corrected chi connectivity index (χ1v) is 8.54. The molecule has 118 valence electrons. The van der Waals surface area contributed by atoms with Gasteiger partial charge in [-0.3, -0.25) is 0 Å². The van der Waals surface area contributed by atoms with E-state index in [1.165, 1.54) is 17.7 Å². The molecule has 1 aromatic carbocycles. The maximum atomic E-state index is 6.27. The van der Waals surface area contributed by atoms with Crippen molar-refractivity contribution in [2.24, 2.45) is 11.8 Å². The van der Waals surface area contributed by atoms with Crippen molar-refractivity contribution >= 4 is 17.3 Å². The van der Waals surface area contributed by atoms with Gasteiger partial charge in [-0.05, 0) is 42.9 Å². The molecule has 1 aliphatic heterocycles. The highest BCUT2D eigenvalue weighted by Crippen LogP contribution is 2.34. The van der Waals surface area contributed by atoms with Gasteiger partial charge >= 0.3 is 0 Å². The van der Waals surface area contributed by atoms with Crippen LogP contribution in [0.4, 0.5) is 5.69 Å². The summed E-state index contributed by atoms with van der Waals surface area (Å²) in [5.41, 5.74) is 2.66. The Hall–Kier alpha value is -0.730. The molecular weight excluding hydrogens is 280 g/mol. The number of hydrogen-bond acceptors (Lipinski definition) is 2. The molecule has 3 atom stereocenters. The molecule has 0 bridgehead atoms. The van der Waals surface area contributed by atoms with Crippen LogP contribution in [0.3, 0.4) is 0 Å². The predicted molar refractivity (Wildman–Crippen MR) is 93.2 cm³/mol. The van der Waals surface area contributed by atoms with Gasteiger partial charge in [-0.2, -0.15) is 0 Å². The Kier molecular flexibility index (Phi) is 5.56. The third-order valence-corrected chi connectivity index (χ3v) is 4.89. The molecule has 1 fully saturated rings. The van der Waals surface area contributed by atoms with Crippen molar-refractivity contribution < 1.29 is 0 Å². The number of benzene rings is 1. The molecule has 0 aliphatic carbocycles. The summed E-state index contributed by atoms with van der Waals surface area (Å²) in [6, 6.07) is 7.37. The first-order valence-electron chi connectivity index (χ1n) is 8.17. The fourth-order valence-corrected chi connectivity index (χ4v) is 3.47. The number of anilines is 1. The van der Waals surface area contributed by atoms with E-state index in [-0.39, 0.29) is 0 Å². The van der Waals surface area contributed by atoms with Crippen LogP contribution in [-0.2, 0) is 6.54 Å². The summed E-state index contributed by atoms with van der Waals surface area (Å²) in [7, 11) is 0. The van der Waals surface area contributed by atoms with Crippen LogP contribution >= 0.6 is 11.6 Å². The average Bonchev–Trinajstić information content (AvgIpc) is 2.41. The van der Waals surface area contributed by atoms with Crippen LogP contribution < -0.4 is 10.2 Å². The van der Waals surface area contributed by atoms with E-state index in [1.54, 1.807) is 0 Å². The quantitative estimate of drug-likeness (QED) is 0.866. The summed E-state index contributed by atoms with van der Waals surface area (Å²) in [4.78, 5) is 2.56. The maximum Gasteiger partial charge on any atom is 0.0429 e. The van der Waals surface area contributed by atoms with Crippen LogP contribution in [0.1, 0.15) is 46.6 Å². The number of rotatable bonds is 4. The Balaban J connectivity index is 2.29. The summed E-state index contributed by atoms with van der Waals surface area (Å²) in [6.45, 7) is 13.5. The molecule has 0 amide bonds. The van der Waals surface area contributed by atoms with Crippen molar-refractivity contribution in [3.8, 4) is 0 Å². The summed E-state index contributed by atoms with van der Waals surface area (Å²) < 4.78 is 0. The number of halogens is 1. The maximum absolute atomic E-state index is 6.27. The van der Waals surface area contributed by atoms with Crippen molar-refractivity contribution in [1.29, 1.82) is 0 Å². The summed E-state index contributed by atoms with van der Waals surface area (Å²) in [5.74, 6) is 1.46. The molecule has 2 rings (SSSR count). The van der Waals surface area contributed by atoms with Crippen LogP contribution in [0.15, 0.2) is 18.2 Å². The number of nitrogens with one attached hydrogen (secondary N) is 1. The molecule has 0 saturated carbocycles. The molecule has 0 radical (unpaired) electrons. The van der Waals surface area contributed by atoms with Crippen molar-refractivity contribution in [3.63, 3.8) is 0 Å². The van der Waals surface area contributed by atoms with E-state index in [2.05, 4.69) is 57.0 Å². The standard InChI is InChI=1S/C18H29ClN2/c1-12(2)20-10-16-6-7-17(19)9-18(16)21-11-13(3)8-14(4)15(21)5/h6-7,9,12-15,20H,8,10-11H2,1-5H3. The Morgan fingerprint density at radius 2 is 2.00 bits per heavy atom. The minimum atomic E-state index is 0.491. The van der Waals surface area contributed by atoms with E-state index in [4.69, 9.17) is 11.6 Å². The lowest BCUT2D eigenvalue weighted by Crippen LogP contribution is -2.46. The molecule has 1 N–H and O–H groups in total. The second kappa shape index (κ2) is 7.02. The molecule has 3 heteroatoms. The summed E-state index contributed by atoms with van der Waals surface area (Å²) in [5, 5.41) is 4.36. The van der Waals surface area contributed by atoms with Gasteiger partial charge in [-0.1, -0.05) is 45.4 Å². The Labute approximate surface area is 134 Å². The fraction of sp³-hybridized carbons (Fsp3) is 0.667. The largest absolute Gasteiger partial charge is 0.368 e. The van der Waals surface area contributed by atoms with E-state index in [9.17, 15) is 0 Å². The van der Waals surface area contributed by atoms with Crippen LogP contribution in [0, 0.1) is 11.8 Å². The first kappa shape index (κ1) is 16.6. The topological polar surface area (TPSA) is 15.3 Å². The van der Waals surface area contributed by atoms with Crippen LogP contribution in [-0.4, -0.2) is 18.6 Å². The van der Waals surface area contributed by atoms with Crippen LogP contribution in [0.5, 0.6) is 0 Å². The number of nitrogens with zero attached hydrogens (tertiary/aromatic N) is 1. The van der Waals surface area contributed by atoms with Crippen LogP contribution in [0.25, 0.3) is 0 Å². The van der Waals surface area contributed by atoms with Gasteiger partial charge in [0.2, 0.25) is 0 Å². The Bertz CT molecular complexity index is 472. The minimum Gasteiger partial charge on any atom is -0.368 e. The van der Waals surface area contributed by atoms with Crippen molar-refractivity contribution in [3.05, 3.63) is 28.8 Å². The van der Waals surface area contributed by atoms with Crippen molar-refractivity contribution in [1.82, 2.24) is 5.32 Å². The normalized spacial score (nSPS) is 26.4. The van der Waals surface area contributed by atoms with Gasteiger partial charge in [0.25, 0.3) is 0 Å². The van der Waals surface area contributed by atoms with Gasteiger partial charge in [0.05, 0.1) is 0 Å². The van der Waals surface area contributed by atoms with Gasteiger partial charge < -0.3 is 10.2 Å². The van der Waals surface area contributed by atoms with Gasteiger partial charge in [-0.15, -0.1) is 0 Å². The Morgan fingerprint density at radius 1 is 1.29 bits per heavy atom. The van der Waals surface area contributed by atoms with Gasteiger partial charge in [0.15, 0.2) is 0 Å². The predicted octanol–water partition coefficient (Wildman–Crippen LogP) is 4.71. The van der Waals surface area contributed by atoms with Gasteiger partial charge in [-0.25, -0.2) is 0 Å². The summed E-state index contributed by atoms with van der Waals surface area (Å²) in [6.07, 6.45) is 1.32. The first-order chi connectivity index (χ1) is 9.88. The Morgan fingerprint density at radius 3 is 2.67 bits per heavy atom. The third kappa shape index (κ3) is 4.14. The summed E-state index contributed by atoms with van der Waals surface area (Å²) >= 11 is 6.27. The lowest BCUT2D eigenvalue weighted by atomic mass is 9.85. The fourth-order valence-electron chi connectivity index (χ4n) is 3.30. The van der Waals surface area contributed by atoms with E-state index in [0.29, 0.717) is 12.1 Å². The lowest BCUT2D eigenvalue weighted by Gasteiger charge is -2.43.